The molecule has 0 N–H and O–H groups in total. The first-order valence-electron chi connectivity index (χ1n) is 11.2. The van der Waals surface area contributed by atoms with Crippen LogP contribution in [0.1, 0.15) is 36.3 Å². The van der Waals surface area contributed by atoms with Crippen LogP contribution in [0.25, 0.3) is 10.2 Å². The summed E-state index contributed by atoms with van der Waals surface area (Å²) in [5.74, 6) is -0.0167. The van der Waals surface area contributed by atoms with Crippen molar-refractivity contribution in [1.82, 2.24) is 24.7 Å². The van der Waals surface area contributed by atoms with Crippen LogP contribution in [0, 0.1) is 5.92 Å². The number of carbonyl (C=O) groups is 1. The van der Waals surface area contributed by atoms with Crippen LogP contribution in [0.3, 0.4) is 0 Å². The molecule has 2 aliphatic rings. The van der Waals surface area contributed by atoms with Gasteiger partial charge in [0.1, 0.15) is 10.6 Å². The number of thiophene rings is 1. The Labute approximate surface area is 197 Å². The van der Waals surface area contributed by atoms with Crippen molar-refractivity contribution in [2.45, 2.75) is 45.5 Å². The first-order chi connectivity index (χ1) is 16.3. The smallest absolute Gasteiger partial charge is 0.451 e. The zero-order chi connectivity index (χ0) is 24.0. The molecule has 182 valence electrons. The Morgan fingerprint density at radius 3 is 2.76 bits per heavy atom. The average Bonchev–Trinajstić information content (AvgIpc) is 3.54. The number of rotatable bonds is 5. The molecule has 0 bridgehead atoms. The van der Waals surface area contributed by atoms with E-state index >= 15 is 0 Å². The highest BCUT2D eigenvalue weighted by molar-refractivity contribution is 7.18. The van der Waals surface area contributed by atoms with Gasteiger partial charge in [-0.05, 0) is 18.9 Å². The molecular weight excluding hydrogens is 471 g/mol. The first kappa shape index (κ1) is 22.8. The van der Waals surface area contributed by atoms with Gasteiger partial charge in [0, 0.05) is 31.1 Å². The van der Waals surface area contributed by atoms with E-state index in [1.807, 2.05) is 9.80 Å². The predicted octanol–water partition coefficient (Wildman–Crippen LogP) is 3.27. The summed E-state index contributed by atoms with van der Waals surface area (Å²) in [6.07, 6.45) is -1.99. The fraction of sp³-hybridized carbons (Fsp3) is 0.571. The molecule has 0 aliphatic carbocycles. The minimum absolute atomic E-state index is 0.109. The first-order valence-corrected chi connectivity index (χ1v) is 12.0. The third-order valence-electron chi connectivity index (χ3n) is 6.22. The molecule has 5 rings (SSSR count). The Hall–Kier alpha value is -2.96. The quantitative estimate of drug-likeness (QED) is 0.499. The summed E-state index contributed by atoms with van der Waals surface area (Å²) in [7, 11) is 1.38. The van der Waals surface area contributed by atoms with E-state index < -0.39 is 12.0 Å². The standard InChI is InChI=1S/C21H24F3N7O2S/c1-3-4-13-9-14-16(29-7-8-31-15(11-29)27-28-19(31)21(22,23)24)25-20(26-17(14)34-13)30-6-5-12(10-30)18(32)33-2/h9,12H,3-8,10-11H2,1-2H3. The van der Waals surface area contributed by atoms with Crippen LogP contribution in [0.15, 0.2) is 6.07 Å². The van der Waals surface area contributed by atoms with E-state index in [2.05, 4.69) is 23.2 Å². The largest absolute Gasteiger partial charge is 0.469 e. The molecule has 3 aromatic heterocycles. The fourth-order valence-electron chi connectivity index (χ4n) is 4.55. The number of halogens is 3. The van der Waals surface area contributed by atoms with E-state index in [0.29, 0.717) is 37.8 Å². The number of anilines is 2. The highest BCUT2D eigenvalue weighted by Gasteiger charge is 2.40. The number of esters is 1. The maximum absolute atomic E-state index is 13.3. The van der Waals surface area contributed by atoms with Gasteiger partial charge in [0.2, 0.25) is 11.8 Å². The molecule has 1 saturated heterocycles. The van der Waals surface area contributed by atoms with Crippen molar-refractivity contribution in [3.63, 3.8) is 0 Å². The van der Waals surface area contributed by atoms with Crippen LogP contribution in [0.5, 0.6) is 0 Å². The molecular formula is C21H24F3N7O2S. The molecule has 0 radical (unpaired) electrons. The van der Waals surface area contributed by atoms with Crippen molar-refractivity contribution in [2.75, 3.05) is 36.5 Å². The van der Waals surface area contributed by atoms with Gasteiger partial charge in [-0.3, -0.25) is 4.79 Å². The summed E-state index contributed by atoms with van der Waals surface area (Å²) in [5.41, 5.74) is 0. The Morgan fingerprint density at radius 2 is 2.03 bits per heavy atom. The van der Waals surface area contributed by atoms with Crippen LogP contribution >= 0.6 is 11.3 Å². The molecule has 13 heteroatoms. The molecule has 5 heterocycles. The third-order valence-corrected chi connectivity index (χ3v) is 7.31. The highest BCUT2D eigenvalue weighted by Crippen LogP contribution is 2.36. The summed E-state index contributed by atoms with van der Waals surface area (Å²) in [4.78, 5) is 27.5. The van der Waals surface area contributed by atoms with Crippen LogP contribution < -0.4 is 9.80 Å². The molecule has 0 amide bonds. The van der Waals surface area contributed by atoms with E-state index in [1.165, 1.54) is 12.0 Å². The molecule has 1 fully saturated rings. The summed E-state index contributed by atoms with van der Waals surface area (Å²) in [6, 6.07) is 2.07. The Bertz CT molecular complexity index is 1230. The summed E-state index contributed by atoms with van der Waals surface area (Å²) < 4.78 is 45.8. The zero-order valence-corrected chi connectivity index (χ0v) is 19.6. The van der Waals surface area contributed by atoms with Gasteiger partial charge in [-0.25, -0.2) is 4.98 Å². The number of nitrogens with zero attached hydrogens (tertiary/aromatic N) is 7. The Kier molecular flexibility index (Phi) is 5.82. The van der Waals surface area contributed by atoms with Crippen molar-refractivity contribution < 1.29 is 22.7 Å². The molecule has 0 spiro atoms. The number of hydrogen-bond donors (Lipinski definition) is 0. The zero-order valence-electron chi connectivity index (χ0n) is 18.8. The van der Waals surface area contributed by atoms with Crippen molar-refractivity contribution in [3.8, 4) is 0 Å². The van der Waals surface area contributed by atoms with Gasteiger partial charge >= 0.3 is 12.1 Å². The number of carbonyl (C=O) groups excluding carboxylic acids is 1. The second-order valence-electron chi connectivity index (χ2n) is 8.49. The van der Waals surface area contributed by atoms with E-state index in [1.54, 1.807) is 11.3 Å². The van der Waals surface area contributed by atoms with Crippen LogP contribution in [-0.4, -0.2) is 57.4 Å². The maximum atomic E-state index is 13.3. The van der Waals surface area contributed by atoms with Crippen molar-refractivity contribution >= 4 is 39.3 Å². The van der Waals surface area contributed by atoms with Crippen LogP contribution in [0.2, 0.25) is 0 Å². The van der Waals surface area contributed by atoms with E-state index in [-0.39, 0.29) is 30.8 Å². The summed E-state index contributed by atoms with van der Waals surface area (Å²) in [6.45, 7) is 3.81. The monoisotopic (exact) mass is 495 g/mol. The lowest BCUT2D eigenvalue weighted by atomic mass is 10.1. The van der Waals surface area contributed by atoms with E-state index in [9.17, 15) is 18.0 Å². The van der Waals surface area contributed by atoms with E-state index in [0.717, 1.165) is 27.6 Å². The number of methoxy groups -OCH3 is 1. The normalized spacial score (nSPS) is 18.6. The number of fused-ring (bicyclic) bond motifs is 2. The van der Waals surface area contributed by atoms with Gasteiger partial charge in [-0.15, -0.1) is 21.5 Å². The Morgan fingerprint density at radius 1 is 1.21 bits per heavy atom. The van der Waals surface area contributed by atoms with Gasteiger partial charge in [-0.1, -0.05) is 13.3 Å². The van der Waals surface area contributed by atoms with Gasteiger partial charge < -0.3 is 19.1 Å². The lowest BCUT2D eigenvalue weighted by Gasteiger charge is -2.30. The topological polar surface area (TPSA) is 89.3 Å². The predicted molar refractivity (Wildman–Crippen MR) is 120 cm³/mol. The summed E-state index contributed by atoms with van der Waals surface area (Å²) >= 11 is 1.60. The van der Waals surface area contributed by atoms with Gasteiger partial charge in [0.25, 0.3) is 0 Å². The molecule has 1 atom stereocenters. The highest BCUT2D eigenvalue weighted by atomic mass is 32.1. The van der Waals surface area contributed by atoms with Gasteiger partial charge in [0.05, 0.1) is 25.0 Å². The van der Waals surface area contributed by atoms with Gasteiger partial charge in [0.15, 0.2) is 5.82 Å². The second kappa shape index (κ2) is 8.67. The third kappa shape index (κ3) is 4.05. The van der Waals surface area contributed by atoms with Crippen molar-refractivity contribution in [2.24, 2.45) is 5.92 Å². The molecule has 2 aliphatic heterocycles. The SMILES string of the molecule is CCCc1cc2c(N3CCn4c(nnc4C(F)(F)F)C3)nc(N3CCC(C(=O)OC)C3)nc2s1. The lowest BCUT2D eigenvalue weighted by Crippen LogP contribution is -2.36. The molecule has 1 unspecified atom stereocenters. The van der Waals surface area contributed by atoms with Crippen LogP contribution in [-0.2, 0) is 35.2 Å². The van der Waals surface area contributed by atoms with Gasteiger partial charge in [-0.2, -0.15) is 18.2 Å². The number of aryl methyl sites for hydroxylation is 1. The molecule has 0 aromatic carbocycles. The number of alkyl halides is 3. The average molecular weight is 496 g/mol. The molecule has 3 aromatic rings. The Balaban J connectivity index is 1.51. The number of hydrogen-bond acceptors (Lipinski definition) is 9. The maximum Gasteiger partial charge on any atom is 0.451 e. The number of ether oxygens (including phenoxy) is 1. The minimum atomic E-state index is -4.54. The lowest BCUT2D eigenvalue weighted by molar-refractivity contribution is -0.147. The fourth-order valence-corrected chi connectivity index (χ4v) is 5.67. The second-order valence-corrected chi connectivity index (χ2v) is 9.61. The number of aromatic nitrogens is 5. The van der Waals surface area contributed by atoms with E-state index in [4.69, 9.17) is 14.7 Å². The van der Waals surface area contributed by atoms with Crippen LogP contribution in [0.4, 0.5) is 24.9 Å². The molecule has 0 saturated carbocycles. The molecule has 34 heavy (non-hydrogen) atoms. The van der Waals surface area contributed by atoms with Crippen molar-refractivity contribution in [3.05, 3.63) is 22.6 Å². The summed E-state index contributed by atoms with van der Waals surface area (Å²) in [5, 5.41) is 8.06. The molecule has 9 nitrogen and oxygen atoms in total. The van der Waals surface area contributed by atoms with Crippen molar-refractivity contribution in [1.29, 1.82) is 0 Å². The minimum Gasteiger partial charge on any atom is -0.469 e.